The van der Waals surface area contributed by atoms with Crippen molar-refractivity contribution in [3.05, 3.63) is 108 Å². The number of esters is 1. The molecule has 2 aliphatic rings. The van der Waals surface area contributed by atoms with Crippen molar-refractivity contribution in [2.24, 2.45) is 0 Å². The summed E-state index contributed by atoms with van der Waals surface area (Å²) in [6.07, 6.45) is -1.50. The van der Waals surface area contributed by atoms with E-state index in [0.717, 1.165) is 16.7 Å². The molecule has 2 fully saturated rings. The van der Waals surface area contributed by atoms with Gasteiger partial charge in [0.15, 0.2) is 0 Å². The van der Waals surface area contributed by atoms with Crippen LogP contribution in [0.5, 0.6) is 0 Å². The zero-order valence-corrected chi connectivity index (χ0v) is 19.9. The summed E-state index contributed by atoms with van der Waals surface area (Å²) in [4.78, 5) is 11.7. The Kier molecular flexibility index (Phi) is 7.02. The van der Waals surface area contributed by atoms with Crippen LogP contribution in [0.15, 0.2) is 91.0 Å². The standard InChI is InChI=1S/C28H29BO6/c1-3-29-34-25-24(33-27(26(25)35-29)32-20(2)30)19-31-28(21-13-7-4-8-14-21,22-15-9-5-10-16-22)23-17-11-6-12-18-23/h4-18,24-27H,3,19H2,1-2H3/t24-,25+,26+,27+/m1/s1. The average molecular weight is 472 g/mol. The van der Waals surface area contributed by atoms with Gasteiger partial charge in [0.05, 0.1) is 6.61 Å². The highest BCUT2D eigenvalue weighted by Gasteiger charge is 2.55. The third-order valence-corrected chi connectivity index (χ3v) is 6.51. The van der Waals surface area contributed by atoms with Crippen LogP contribution < -0.4 is 0 Å². The molecule has 0 radical (unpaired) electrons. The zero-order valence-electron chi connectivity index (χ0n) is 19.9. The molecule has 3 aromatic carbocycles. The summed E-state index contributed by atoms with van der Waals surface area (Å²) in [6, 6.07) is 30.5. The first-order valence-corrected chi connectivity index (χ1v) is 12.1. The molecular weight excluding hydrogens is 443 g/mol. The summed E-state index contributed by atoms with van der Waals surface area (Å²) < 4.78 is 30.5. The Morgan fingerprint density at radius 2 is 1.31 bits per heavy atom. The van der Waals surface area contributed by atoms with E-state index in [1.165, 1.54) is 6.92 Å². The molecule has 0 bridgehead atoms. The number of rotatable bonds is 8. The Labute approximate surface area is 206 Å². The maximum atomic E-state index is 11.7. The van der Waals surface area contributed by atoms with Gasteiger partial charge in [0.1, 0.15) is 23.9 Å². The number of fused-ring (bicyclic) bond motifs is 1. The fraction of sp³-hybridized carbons (Fsp3) is 0.321. The van der Waals surface area contributed by atoms with Gasteiger partial charge in [-0.2, -0.15) is 0 Å². The lowest BCUT2D eigenvalue weighted by Crippen LogP contribution is -2.39. The van der Waals surface area contributed by atoms with Crippen molar-refractivity contribution in [1.29, 1.82) is 0 Å². The monoisotopic (exact) mass is 472 g/mol. The summed E-state index contributed by atoms with van der Waals surface area (Å²) in [5, 5.41) is 0. The normalized spacial score (nSPS) is 23.8. The van der Waals surface area contributed by atoms with E-state index in [0.29, 0.717) is 6.32 Å². The van der Waals surface area contributed by atoms with E-state index in [-0.39, 0.29) is 13.7 Å². The first-order chi connectivity index (χ1) is 17.1. The molecule has 0 N–H and O–H groups in total. The van der Waals surface area contributed by atoms with E-state index in [1.54, 1.807) is 0 Å². The first kappa shape index (κ1) is 23.8. The highest BCUT2D eigenvalue weighted by molar-refractivity contribution is 6.45. The van der Waals surface area contributed by atoms with Crippen LogP contribution in [0.4, 0.5) is 0 Å². The van der Waals surface area contributed by atoms with Crippen molar-refractivity contribution >= 4 is 13.1 Å². The topological polar surface area (TPSA) is 63.2 Å². The molecule has 0 amide bonds. The molecule has 0 unspecified atom stereocenters. The molecule has 0 aliphatic carbocycles. The van der Waals surface area contributed by atoms with Crippen LogP contribution in [0.3, 0.4) is 0 Å². The molecule has 2 heterocycles. The quantitative estimate of drug-likeness (QED) is 0.272. The number of ether oxygens (including phenoxy) is 3. The minimum absolute atomic E-state index is 0.206. The Morgan fingerprint density at radius 1 is 0.829 bits per heavy atom. The summed E-state index contributed by atoms with van der Waals surface area (Å²) in [5.74, 6) is -0.425. The van der Waals surface area contributed by atoms with Crippen molar-refractivity contribution in [3.63, 3.8) is 0 Å². The number of hydrogen-bond donors (Lipinski definition) is 0. The van der Waals surface area contributed by atoms with Crippen LogP contribution in [0.25, 0.3) is 0 Å². The number of hydrogen-bond acceptors (Lipinski definition) is 6. The van der Waals surface area contributed by atoms with Crippen LogP contribution in [-0.4, -0.2) is 44.3 Å². The zero-order chi connectivity index (χ0) is 24.3. The fourth-order valence-corrected chi connectivity index (χ4v) is 4.94. The maximum absolute atomic E-state index is 11.7. The van der Waals surface area contributed by atoms with Gasteiger partial charge in [-0.25, -0.2) is 0 Å². The van der Waals surface area contributed by atoms with E-state index in [4.69, 9.17) is 23.5 Å². The summed E-state index contributed by atoms with van der Waals surface area (Å²) in [7, 11) is -0.364. The maximum Gasteiger partial charge on any atom is 0.457 e. The second kappa shape index (κ2) is 10.3. The Bertz CT molecular complexity index is 1010. The molecule has 35 heavy (non-hydrogen) atoms. The molecule has 0 aromatic heterocycles. The van der Waals surface area contributed by atoms with Gasteiger partial charge in [0.25, 0.3) is 0 Å². The van der Waals surface area contributed by atoms with Crippen molar-refractivity contribution in [2.75, 3.05) is 6.61 Å². The highest BCUT2D eigenvalue weighted by Crippen LogP contribution is 2.42. The van der Waals surface area contributed by atoms with E-state index in [9.17, 15) is 4.79 Å². The number of carbonyl (C=O) groups is 1. The van der Waals surface area contributed by atoms with Crippen molar-refractivity contribution in [1.82, 2.24) is 0 Å². The lowest BCUT2D eigenvalue weighted by molar-refractivity contribution is -0.190. The molecule has 2 aliphatic heterocycles. The molecule has 3 aromatic rings. The largest absolute Gasteiger partial charge is 0.457 e. The van der Waals surface area contributed by atoms with Gasteiger partial charge < -0.3 is 23.5 Å². The number of benzene rings is 3. The SMILES string of the molecule is CCB1O[C@@H]2[C@@H](OC(C)=O)O[C@H](COC(c3ccccc3)(c3ccccc3)c3ccccc3)[C@@H]2O1. The van der Waals surface area contributed by atoms with E-state index < -0.39 is 36.2 Å². The van der Waals surface area contributed by atoms with Gasteiger partial charge in [-0.05, 0) is 23.0 Å². The van der Waals surface area contributed by atoms with Gasteiger partial charge in [-0.1, -0.05) is 97.9 Å². The number of carbonyl (C=O) groups excluding carboxylic acids is 1. The average Bonchev–Trinajstić information content (AvgIpc) is 3.46. The second-order valence-corrected chi connectivity index (χ2v) is 8.78. The van der Waals surface area contributed by atoms with Gasteiger partial charge >= 0.3 is 13.1 Å². The minimum Gasteiger partial charge on any atom is -0.433 e. The van der Waals surface area contributed by atoms with Crippen LogP contribution in [0.1, 0.15) is 30.5 Å². The van der Waals surface area contributed by atoms with Gasteiger partial charge in [-0.15, -0.1) is 0 Å². The molecular formula is C28H29BO6. The first-order valence-electron chi connectivity index (χ1n) is 12.1. The van der Waals surface area contributed by atoms with Gasteiger partial charge in [0, 0.05) is 6.92 Å². The Hall–Kier alpha value is -2.97. The summed E-state index contributed by atoms with van der Waals surface area (Å²) >= 11 is 0. The molecule has 7 heteroatoms. The third-order valence-electron chi connectivity index (χ3n) is 6.51. The Morgan fingerprint density at radius 3 is 1.77 bits per heavy atom. The molecule has 0 saturated carbocycles. The molecule has 0 spiro atoms. The van der Waals surface area contributed by atoms with Gasteiger partial charge in [0.2, 0.25) is 6.29 Å². The lowest BCUT2D eigenvalue weighted by Gasteiger charge is -2.37. The molecule has 180 valence electrons. The van der Waals surface area contributed by atoms with Crippen LogP contribution >= 0.6 is 0 Å². The molecule has 2 saturated heterocycles. The lowest BCUT2D eigenvalue weighted by atomic mass is 9.80. The third kappa shape index (κ3) is 4.65. The predicted octanol–water partition coefficient (Wildman–Crippen LogP) is 4.58. The van der Waals surface area contributed by atoms with E-state index in [1.807, 2.05) is 61.5 Å². The van der Waals surface area contributed by atoms with Gasteiger partial charge in [-0.3, -0.25) is 4.79 Å². The summed E-state index contributed by atoms with van der Waals surface area (Å²) in [5.41, 5.74) is 2.11. The predicted molar refractivity (Wildman–Crippen MR) is 132 cm³/mol. The van der Waals surface area contributed by atoms with E-state index in [2.05, 4.69) is 36.4 Å². The van der Waals surface area contributed by atoms with Crippen molar-refractivity contribution in [2.45, 2.75) is 50.4 Å². The smallest absolute Gasteiger partial charge is 0.433 e. The highest BCUT2D eigenvalue weighted by atomic mass is 16.8. The second-order valence-electron chi connectivity index (χ2n) is 8.78. The van der Waals surface area contributed by atoms with E-state index >= 15 is 0 Å². The summed E-state index contributed by atoms with van der Waals surface area (Å²) in [6.45, 7) is 3.56. The fourth-order valence-electron chi connectivity index (χ4n) is 4.94. The van der Waals surface area contributed by atoms with Crippen LogP contribution in [0, 0.1) is 0 Å². The van der Waals surface area contributed by atoms with Crippen LogP contribution in [0.2, 0.25) is 6.32 Å². The molecule has 4 atom stereocenters. The van der Waals surface area contributed by atoms with Crippen molar-refractivity contribution in [3.8, 4) is 0 Å². The Balaban J connectivity index is 1.52. The molecule has 5 rings (SSSR count). The molecule has 6 nitrogen and oxygen atoms in total. The minimum atomic E-state index is -0.883. The van der Waals surface area contributed by atoms with Crippen molar-refractivity contribution < 1.29 is 28.3 Å². The van der Waals surface area contributed by atoms with Crippen LogP contribution in [-0.2, 0) is 33.9 Å².